The molecule has 0 aromatic heterocycles. The van der Waals surface area contributed by atoms with Crippen LogP contribution in [0, 0.1) is 0 Å². The highest BCUT2D eigenvalue weighted by Crippen LogP contribution is 2.37. The van der Waals surface area contributed by atoms with Crippen LogP contribution in [0.3, 0.4) is 0 Å². The van der Waals surface area contributed by atoms with Crippen LogP contribution in [0.15, 0.2) is 78.0 Å². The SMILES string of the molecule is C/C=C/c1cc(C(N)=NO)c(-c2ccccc2)c(-c2ccc(O)cc2)c1. The second-order valence-corrected chi connectivity index (χ2v) is 5.89. The van der Waals surface area contributed by atoms with Gasteiger partial charge in [-0.3, -0.25) is 0 Å². The molecule has 0 saturated heterocycles. The molecule has 0 aliphatic rings. The molecule has 26 heavy (non-hydrogen) atoms. The monoisotopic (exact) mass is 344 g/mol. The van der Waals surface area contributed by atoms with Gasteiger partial charge in [-0.05, 0) is 53.4 Å². The Balaban J connectivity index is 2.39. The van der Waals surface area contributed by atoms with E-state index in [2.05, 4.69) is 11.2 Å². The number of rotatable bonds is 4. The van der Waals surface area contributed by atoms with Crippen LogP contribution in [-0.4, -0.2) is 16.1 Å². The maximum atomic E-state index is 9.63. The van der Waals surface area contributed by atoms with Gasteiger partial charge in [-0.2, -0.15) is 0 Å². The molecule has 4 heteroatoms. The summed E-state index contributed by atoms with van der Waals surface area (Å²) < 4.78 is 0. The van der Waals surface area contributed by atoms with Gasteiger partial charge in [0.05, 0.1) is 0 Å². The Morgan fingerprint density at radius 3 is 2.27 bits per heavy atom. The van der Waals surface area contributed by atoms with Crippen molar-refractivity contribution in [1.82, 2.24) is 0 Å². The van der Waals surface area contributed by atoms with E-state index < -0.39 is 0 Å². The Hall–Kier alpha value is -3.53. The van der Waals surface area contributed by atoms with Crippen molar-refractivity contribution in [2.24, 2.45) is 10.9 Å². The van der Waals surface area contributed by atoms with Gasteiger partial charge in [-0.1, -0.05) is 59.8 Å². The van der Waals surface area contributed by atoms with Gasteiger partial charge in [-0.15, -0.1) is 0 Å². The standard InChI is InChI=1S/C22H20N2O2/c1-2-6-15-13-19(16-9-11-18(25)12-10-16)21(17-7-4-3-5-8-17)20(14-15)22(23)24-26/h2-14,25-26H,1H3,(H2,23,24)/b6-2+. The molecule has 3 rings (SSSR count). The highest BCUT2D eigenvalue weighted by Gasteiger charge is 2.16. The topological polar surface area (TPSA) is 78.8 Å². The highest BCUT2D eigenvalue weighted by molar-refractivity contribution is 6.07. The highest BCUT2D eigenvalue weighted by atomic mass is 16.4. The van der Waals surface area contributed by atoms with E-state index in [1.165, 1.54) is 0 Å². The number of phenols is 1. The Morgan fingerprint density at radius 2 is 1.65 bits per heavy atom. The van der Waals surface area contributed by atoms with E-state index in [1.54, 1.807) is 12.1 Å². The average Bonchev–Trinajstić information content (AvgIpc) is 2.68. The second-order valence-electron chi connectivity index (χ2n) is 5.89. The Kier molecular flexibility index (Phi) is 5.04. The van der Waals surface area contributed by atoms with E-state index in [-0.39, 0.29) is 11.6 Å². The first kappa shape index (κ1) is 17.3. The first-order valence-electron chi connectivity index (χ1n) is 8.27. The Bertz CT molecular complexity index is 959. The summed E-state index contributed by atoms with van der Waals surface area (Å²) in [6, 6.07) is 20.8. The minimum absolute atomic E-state index is 0.0511. The van der Waals surface area contributed by atoms with Gasteiger partial charge >= 0.3 is 0 Å². The van der Waals surface area contributed by atoms with Gasteiger partial charge in [0.15, 0.2) is 5.84 Å². The lowest BCUT2D eigenvalue weighted by atomic mass is 9.88. The number of allylic oxidation sites excluding steroid dienone is 1. The van der Waals surface area contributed by atoms with Gasteiger partial charge in [0.25, 0.3) is 0 Å². The summed E-state index contributed by atoms with van der Waals surface area (Å²) in [7, 11) is 0. The maximum Gasteiger partial charge on any atom is 0.170 e. The number of aromatic hydroxyl groups is 1. The molecule has 3 aromatic carbocycles. The number of amidine groups is 1. The third-order valence-corrected chi connectivity index (χ3v) is 4.14. The number of hydrogen-bond donors (Lipinski definition) is 3. The summed E-state index contributed by atoms with van der Waals surface area (Å²) in [5.74, 6) is 0.256. The summed E-state index contributed by atoms with van der Waals surface area (Å²) in [5.41, 5.74) is 11.3. The van der Waals surface area contributed by atoms with E-state index in [1.807, 2.05) is 67.6 Å². The smallest absolute Gasteiger partial charge is 0.170 e. The summed E-state index contributed by atoms with van der Waals surface area (Å²) in [5, 5.41) is 22.1. The van der Waals surface area contributed by atoms with Gasteiger partial charge in [-0.25, -0.2) is 0 Å². The van der Waals surface area contributed by atoms with E-state index in [0.29, 0.717) is 5.56 Å². The van der Waals surface area contributed by atoms with Crippen LogP contribution in [0.25, 0.3) is 28.3 Å². The molecule has 3 aromatic rings. The lowest BCUT2D eigenvalue weighted by Crippen LogP contribution is -2.15. The number of benzene rings is 3. The molecule has 130 valence electrons. The third-order valence-electron chi connectivity index (χ3n) is 4.14. The molecule has 0 aliphatic heterocycles. The minimum atomic E-state index is 0.0511. The van der Waals surface area contributed by atoms with Gasteiger partial charge < -0.3 is 16.0 Å². The van der Waals surface area contributed by atoms with Crippen molar-refractivity contribution in [3.63, 3.8) is 0 Å². The lowest BCUT2D eigenvalue weighted by Gasteiger charge is -2.17. The van der Waals surface area contributed by atoms with Crippen LogP contribution in [-0.2, 0) is 0 Å². The van der Waals surface area contributed by atoms with E-state index in [4.69, 9.17) is 5.73 Å². The molecule has 4 nitrogen and oxygen atoms in total. The number of nitrogens with zero attached hydrogens (tertiary/aromatic N) is 1. The molecular formula is C22H20N2O2. The predicted octanol–water partition coefficient (Wildman–Crippen LogP) is 4.85. The average molecular weight is 344 g/mol. The molecule has 0 saturated carbocycles. The lowest BCUT2D eigenvalue weighted by molar-refractivity contribution is 0.318. The summed E-state index contributed by atoms with van der Waals surface area (Å²) in [4.78, 5) is 0. The first-order valence-corrected chi connectivity index (χ1v) is 8.27. The molecule has 0 fully saturated rings. The van der Waals surface area contributed by atoms with Crippen LogP contribution in [0.1, 0.15) is 18.1 Å². The zero-order valence-electron chi connectivity index (χ0n) is 14.4. The van der Waals surface area contributed by atoms with Crippen LogP contribution in [0.4, 0.5) is 0 Å². The molecule has 0 bridgehead atoms. The molecule has 0 heterocycles. The van der Waals surface area contributed by atoms with Crippen LogP contribution >= 0.6 is 0 Å². The largest absolute Gasteiger partial charge is 0.508 e. The minimum Gasteiger partial charge on any atom is -0.508 e. The van der Waals surface area contributed by atoms with Crippen molar-refractivity contribution < 1.29 is 10.3 Å². The molecule has 4 N–H and O–H groups in total. The van der Waals surface area contributed by atoms with Crippen molar-refractivity contribution in [2.45, 2.75) is 6.92 Å². The molecule has 0 spiro atoms. The second kappa shape index (κ2) is 7.57. The molecule has 0 atom stereocenters. The van der Waals surface area contributed by atoms with Crippen molar-refractivity contribution in [3.05, 3.63) is 83.9 Å². The maximum absolute atomic E-state index is 9.63. The number of oxime groups is 1. The van der Waals surface area contributed by atoms with Gasteiger partial charge in [0, 0.05) is 11.1 Å². The molecule has 0 amide bonds. The third kappa shape index (κ3) is 3.44. The summed E-state index contributed by atoms with van der Waals surface area (Å²) in [6.07, 6.45) is 3.90. The molecule has 0 aliphatic carbocycles. The molecular weight excluding hydrogens is 324 g/mol. The quantitative estimate of drug-likeness (QED) is 0.274. The summed E-state index contributed by atoms with van der Waals surface area (Å²) in [6.45, 7) is 1.94. The normalized spacial score (nSPS) is 11.8. The predicted molar refractivity (Wildman–Crippen MR) is 106 cm³/mol. The number of phenolic OH excluding ortho intramolecular Hbond substituents is 1. The number of hydrogen-bond acceptors (Lipinski definition) is 3. The van der Waals surface area contributed by atoms with Crippen molar-refractivity contribution >= 4 is 11.9 Å². The Morgan fingerprint density at radius 1 is 0.962 bits per heavy atom. The van der Waals surface area contributed by atoms with Crippen molar-refractivity contribution in [3.8, 4) is 28.0 Å². The van der Waals surface area contributed by atoms with Crippen molar-refractivity contribution in [1.29, 1.82) is 0 Å². The van der Waals surface area contributed by atoms with Crippen molar-refractivity contribution in [2.75, 3.05) is 0 Å². The van der Waals surface area contributed by atoms with Crippen LogP contribution in [0.5, 0.6) is 5.75 Å². The summed E-state index contributed by atoms with van der Waals surface area (Å²) >= 11 is 0. The Labute approximate surface area is 152 Å². The fraction of sp³-hybridized carbons (Fsp3) is 0.0455. The fourth-order valence-corrected chi connectivity index (χ4v) is 2.99. The first-order chi connectivity index (χ1) is 12.6. The van der Waals surface area contributed by atoms with Crippen LogP contribution < -0.4 is 5.73 Å². The zero-order chi connectivity index (χ0) is 18.5. The van der Waals surface area contributed by atoms with Gasteiger partial charge in [0.2, 0.25) is 0 Å². The van der Waals surface area contributed by atoms with E-state index in [0.717, 1.165) is 27.8 Å². The number of nitrogens with two attached hydrogens (primary N) is 1. The molecule has 0 radical (unpaired) electrons. The fourth-order valence-electron chi connectivity index (χ4n) is 2.99. The van der Waals surface area contributed by atoms with Crippen LogP contribution in [0.2, 0.25) is 0 Å². The zero-order valence-corrected chi connectivity index (χ0v) is 14.4. The van der Waals surface area contributed by atoms with E-state index in [9.17, 15) is 10.3 Å². The van der Waals surface area contributed by atoms with Gasteiger partial charge in [0.1, 0.15) is 5.75 Å². The van der Waals surface area contributed by atoms with E-state index >= 15 is 0 Å². The molecule has 0 unspecified atom stereocenters.